The van der Waals surface area contributed by atoms with Gasteiger partial charge in [-0.05, 0) is 126 Å². The fourth-order valence-electron chi connectivity index (χ4n) is 6.22. The zero-order chi connectivity index (χ0) is 37.8. The number of fused-ring (bicyclic) bond motifs is 2. The Bertz CT molecular complexity index is 2720. The summed E-state index contributed by atoms with van der Waals surface area (Å²) in [5, 5.41) is 23.5. The Morgan fingerprint density at radius 1 is 0.537 bits per heavy atom. The van der Waals surface area contributed by atoms with Gasteiger partial charge in [0.2, 0.25) is 0 Å². The van der Waals surface area contributed by atoms with Gasteiger partial charge in [0.15, 0.2) is 0 Å². The van der Waals surface area contributed by atoms with Crippen molar-refractivity contribution in [1.82, 2.24) is 29.9 Å². The second-order valence-corrected chi connectivity index (χ2v) is 12.9. The second-order valence-electron chi connectivity index (χ2n) is 12.9. The lowest BCUT2D eigenvalue weighted by Gasteiger charge is -2.05. The zero-order valence-corrected chi connectivity index (χ0v) is 30.3. The first-order chi connectivity index (χ1) is 26.2. The molecule has 264 valence electrons. The van der Waals surface area contributed by atoms with Gasteiger partial charge < -0.3 is 10.6 Å². The molecule has 0 radical (unpaired) electrons. The molecule has 2 amide bonds. The molecule has 0 aliphatic rings. The van der Waals surface area contributed by atoms with Crippen molar-refractivity contribution in [3.05, 3.63) is 168 Å². The molecule has 8 aromatic rings. The van der Waals surface area contributed by atoms with Crippen LogP contribution in [0.4, 0.5) is 0 Å². The summed E-state index contributed by atoms with van der Waals surface area (Å²) >= 11 is 0. The average molecular weight is 708 g/mol. The maximum Gasteiger partial charge on any atom is 0.251 e. The van der Waals surface area contributed by atoms with Gasteiger partial charge >= 0.3 is 0 Å². The number of nitrogens with one attached hydrogen (secondary N) is 2. The second kappa shape index (κ2) is 15.1. The topological polar surface area (TPSA) is 117 Å². The molecule has 0 aliphatic carbocycles. The van der Waals surface area contributed by atoms with Crippen molar-refractivity contribution < 1.29 is 9.59 Å². The predicted octanol–water partition coefficient (Wildman–Crippen LogP) is 8.54. The van der Waals surface area contributed by atoms with E-state index in [4.69, 9.17) is 10.4 Å². The van der Waals surface area contributed by atoms with Crippen LogP contribution in [-0.4, -0.2) is 45.1 Å². The number of hydrogen-bond acceptors (Lipinski definition) is 5. The molecule has 4 aromatic carbocycles. The third kappa shape index (κ3) is 7.36. The van der Waals surface area contributed by atoms with Gasteiger partial charge in [-0.25, -0.2) is 9.03 Å². The van der Waals surface area contributed by atoms with Crippen LogP contribution in [0.3, 0.4) is 0 Å². The Hall–Kier alpha value is -7.31. The Balaban J connectivity index is 0.000000167. The fraction of sp³-hybridized carbons (Fsp3) is 0.0889. The lowest BCUT2D eigenvalue weighted by molar-refractivity contribution is 0.0955. The monoisotopic (exact) mass is 707 g/mol. The summed E-state index contributed by atoms with van der Waals surface area (Å²) in [6.45, 7) is 4.23. The third-order valence-electron chi connectivity index (χ3n) is 9.41. The Kier molecular flexibility index (Phi) is 9.83. The van der Waals surface area contributed by atoms with Crippen molar-refractivity contribution in [2.75, 3.05) is 14.1 Å². The van der Waals surface area contributed by atoms with Crippen molar-refractivity contribution in [2.24, 2.45) is 0 Å². The highest BCUT2D eigenvalue weighted by Crippen LogP contribution is 2.28. The number of carbonyl (C=O) groups excluding carboxylic acids is 2. The van der Waals surface area contributed by atoms with Crippen LogP contribution in [0.15, 0.2) is 140 Å². The zero-order valence-electron chi connectivity index (χ0n) is 30.3. The normalized spacial score (nSPS) is 10.7. The highest BCUT2D eigenvalue weighted by molar-refractivity contribution is 5.96. The maximum absolute atomic E-state index is 11.9. The molecule has 54 heavy (non-hydrogen) atoms. The van der Waals surface area contributed by atoms with Gasteiger partial charge in [0.05, 0.1) is 34.1 Å². The summed E-state index contributed by atoms with van der Waals surface area (Å²) in [5.41, 5.74) is 14.3. The summed E-state index contributed by atoms with van der Waals surface area (Å²) in [6, 6.07) is 43.3. The number of aromatic nitrogens is 4. The molecule has 0 spiro atoms. The Morgan fingerprint density at radius 3 is 1.50 bits per heavy atom. The van der Waals surface area contributed by atoms with Crippen molar-refractivity contribution in [3.63, 3.8) is 0 Å². The number of benzene rings is 4. The summed E-state index contributed by atoms with van der Waals surface area (Å²) < 4.78 is 3.70. The first-order valence-electron chi connectivity index (χ1n) is 17.4. The number of nitrogens with zero attached hydrogens (tertiary/aromatic N) is 5. The fourth-order valence-corrected chi connectivity index (χ4v) is 6.22. The number of nitriles is 1. The van der Waals surface area contributed by atoms with Gasteiger partial charge in [0, 0.05) is 48.7 Å². The molecule has 2 N–H and O–H groups in total. The molecule has 4 aromatic heterocycles. The van der Waals surface area contributed by atoms with Gasteiger partial charge in [-0.15, -0.1) is 0 Å². The largest absolute Gasteiger partial charge is 0.355 e. The van der Waals surface area contributed by atoms with Gasteiger partial charge in [0.1, 0.15) is 0 Å². The SMILES string of the molecule is CNC(=O)c1cccc(-c2ccn3nc(-c4ccc(C#N)cc4)cc3c2)c1.CNC(=O)c1cccc(-c2ccn3nc(-c4ccc(C)c(C)c4)cc3c2)c1. The van der Waals surface area contributed by atoms with E-state index in [9.17, 15) is 9.59 Å². The van der Waals surface area contributed by atoms with E-state index in [0.717, 1.165) is 55.8 Å². The van der Waals surface area contributed by atoms with Crippen LogP contribution < -0.4 is 10.6 Å². The van der Waals surface area contributed by atoms with Gasteiger partial charge in [-0.1, -0.05) is 48.5 Å². The molecule has 8 rings (SSSR count). The van der Waals surface area contributed by atoms with Crippen LogP contribution in [0.1, 0.15) is 37.4 Å². The number of rotatable bonds is 6. The van der Waals surface area contributed by atoms with E-state index < -0.39 is 0 Å². The van der Waals surface area contributed by atoms with E-state index in [0.29, 0.717) is 16.7 Å². The molecule has 9 nitrogen and oxygen atoms in total. The maximum atomic E-state index is 11.9. The number of amides is 2. The highest BCUT2D eigenvalue weighted by atomic mass is 16.2. The smallest absolute Gasteiger partial charge is 0.251 e. The van der Waals surface area contributed by atoms with Crippen LogP contribution in [0.2, 0.25) is 0 Å². The summed E-state index contributed by atoms with van der Waals surface area (Å²) in [4.78, 5) is 23.8. The summed E-state index contributed by atoms with van der Waals surface area (Å²) in [6.07, 6.45) is 3.87. The van der Waals surface area contributed by atoms with E-state index in [-0.39, 0.29) is 11.8 Å². The molecule has 0 bridgehead atoms. The van der Waals surface area contributed by atoms with Crippen molar-refractivity contribution in [1.29, 1.82) is 5.26 Å². The minimum Gasteiger partial charge on any atom is -0.355 e. The minimum absolute atomic E-state index is 0.0840. The van der Waals surface area contributed by atoms with E-state index in [2.05, 4.69) is 66.0 Å². The molecule has 0 saturated heterocycles. The van der Waals surface area contributed by atoms with Crippen molar-refractivity contribution >= 4 is 22.8 Å². The lowest BCUT2D eigenvalue weighted by Crippen LogP contribution is -2.17. The predicted molar refractivity (Wildman–Crippen MR) is 213 cm³/mol. The summed E-state index contributed by atoms with van der Waals surface area (Å²) in [7, 11) is 3.26. The number of hydrogen-bond donors (Lipinski definition) is 2. The molecular weight excluding hydrogens is 671 g/mol. The Labute approximate surface area is 313 Å². The number of aryl methyl sites for hydroxylation is 2. The summed E-state index contributed by atoms with van der Waals surface area (Å²) in [5.74, 6) is -0.190. The van der Waals surface area contributed by atoms with E-state index in [1.54, 1.807) is 32.3 Å². The van der Waals surface area contributed by atoms with Crippen molar-refractivity contribution in [2.45, 2.75) is 13.8 Å². The van der Waals surface area contributed by atoms with Gasteiger partial charge in [-0.2, -0.15) is 15.5 Å². The molecule has 0 aliphatic heterocycles. The van der Waals surface area contributed by atoms with Crippen LogP contribution >= 0.6 is 0 Å². The highest BCUT2D eigenvalue weighted by Gasteiger charge is 2.11. The van der Waals surface area contributed by atoms with E-state index >= 15 is 0 Å². The van der Waals surface area contributed by atoms with Crippen LogP contribution in [0.25, 0.3) is 55.8 Å². The average Bonchev–Trinajstić information content (AvgIpc) is 3.86. The van der Waals surface area contributed by atoms with Gasteiger partial charge in [0.25, 0.3) is 11.8 Å². The van der Waals surface area contributed by atoms with Crippen LogP contribution in [0.5, 0.6) is 0 Å². The molecule has 4 heterocycles. The van der Waals surface area contributed by atoms with E-state index in [1.165, 1.54) is 11.1 Å². The molecule has 0 saturated carbocycles. The first-order valence-corrected chi connectivity index (χ1v) is 17.4. The van der Waals surface area contributed by atoms with Crippen molar-refractivity contribution in [3.8, 4) is 50.8 Å². The molecule has 9 heteroatoms. The minimum atomic E-state index is -0.106. The number of carbonyl (C=O) groups is 2. The standard InChI is InChI=1S/C23H21N3O.C22H16N4O/c1-15-7-8-19(11-16(15)2)22-14-21-13-18(9-10-26(21)25-22)17-5-4-6-20(12-17)23(27)24-3;1-24-22(27)19-4-2-3-17(11-19)18-9-10-26-20(12-18)13-21(25-26)16-7-5-15(14-23)6-8-16/h4-14H,1-3H3,(H,24,27);2-13H,1H3,(H,24,27). The molecule has 0 unspecified atom stereocenters. The first kappa shape index (κ1) is 35.1. The van der Waals surface area contributed by atoms with E-state index in [1.807, 2.05) is 100 Å². The third-order valence-corrected chi connectivity index (χ3v) is 9.41. The van der Waals surface area contributed by atoms with Crippen LogP contribution in [0, 0.1) is 25.2 Å². The Morgan fingerprint density at radius 2 is 1.02 bits per heavy atom. The quantitative estimate of drug-likeness (QED) is 0.180. The lowest BCUT2D eigenvalue weighted by atomic mass is 10.0. The van der Waals surface area contributed by atoms with Gasteiger partial charge in [-0.3, -0.25) is 9.59 Å². The molecular formula is C45H37N7O2. The van der Waals surface area contributed by atoms with Crippen LogP contribution in [-0.2, 0) is 0 Å². The molecule has 0 atom stereocenters. The number of pyridine rings is 2. The molecule has 0 fully saturated rings.